The molecule has 26 heavy (non-hydrogen) atoms. The fraction of sp³-hybridized carbons (Fsp3) is 0.438. The Morgan fingerprint density at radius 2 is 2.08 bits per heavy atom. The predicted molar refractivity (Wildman–Crippen MR) is 99.5 cm³/mol. The Hall–Kier alpha value is -1.97. The molecule has 2 aliphatic rings. The molecule has 1 saturated heterocycles. The summed E-state index contributed by atoms with van der Waals surface area (Å²) in [5, 5.41) is 13.9. The zero-order chi connectivity index (χ0) is 18.8. The molecule has 3 amide bonds. The summed E-state index contributed by atoms with van der Waals surface area (Å²) >= 11 is 7.19. The number of halogens is 1. The van der Waals surface area contributed by atoms with Gasteiger partial charge in [-0.15, -0.1) is 0 Å². The van der Waals surface area contributed by atoms with Gasteiger partial charge in [-0.25, -0.2) is 9.79 Å². The lowest BCUT2D eigenvalue weighted by Crippen LogP contribution is -2.64. The van der Waals surface area contributed by atoms with Crippen LogP contribution in [0, 0.1) is 0 Å². The van der Waals surface area contributed by atoms with Gasteiger partial charge in [-0.1, -0.05) is 23.4 Å². The van der Waals surface area contributed by atoms with Crippen molar-refractivity contribution >= 4 is 40.5 Å². The summed E-state index contributed by atoms with van der Waals surface area (Å²) in [6.45, 7) is 0.206. The van der Waals surface area contributed by atoms with Gasteiger partial charge in [0, 0.05) is 12.1 Å². The number of aliphatic hydroxyl groups excluding tert-OH is 1. The third kappa shape index (κ3) is 3.74. The average Bonchev–Trinajstić information content (AvgIpc) is 2.98. The van der Waals surface area contributed by atoms with Crippen LogP contribution in [0.25, 0.3) is 0 Å². The third-order valence-corrected chi connectivity index (χ3v) is 5.13. The number of imide groups is 1. The lowest BCUT2D eigenvalue weighted by atomic mass is 10.1. The molecule has 10 heteroatoms. The molecule has 1 fully saturated rings. The van der Waals surface area contributed by atoms with Gasteiger partial charge in [-0.2, -0.15) is 0 Å². The zero-order valence-electron chi connectivity index (χ0n) is 14.3. The summed E-state index contributed by atoms with van der Waals surface area (Å²) in [4.78, 5) is 31.6. The molecule has 0 bridgehead atoms. The van der Waals surface area contributed by atoms with Crippen LogP contribution in [0.4, 0.5) is 4.79 Å². The average molecular weight is 399 g/mol. The summed E-state index contributed by atoms with van der Waals surface area (Å²) in [6.07, 6.45) is 0.389. The Bertz CT molecular complexity index is 729. The Morgan fingerprint density at radius 3 is 2.73 bits per heavy atom. The number of hydrogen-bond acceptors (Lipinski definition) is 7. The Balaban J connectivity index is 1.65. The lowest BCUT2D eigenvalue weighted by molar-refractivity contribution is -0.127. The first kappa shape index (κ1) is 18.8. The van der Waals surface area contributed by atoms with Gasteiger partial charge in [0.1, 0.15) is 18.5 Å². The number of aliphatic imine (C=N–C) groups is 1. The van der Waals surface area contributed by atoms with E-state index in [1.165, 1.54) is 16.7 Å². The largest absolute Gasteiger partial charge is 0.491 e. The molecule has 0 aromatic heterocycles. The number of nitrogens with one attached hydrogen (secondary N) is 1. The minimum absolute atomic E-state index is 0.0492. The Morgan fingerprint density at radius 1 is 1.38 bits per heavy atom. The standard InChI is InChI=1S/C16H19ClN4O4S/c1-20-13-12(14(23)19-15(20)24)21(16(18-13)26-2)7-10(22)8-25-11-5-3-9(17)4-6-11/h3-6,10,12-13,22H,7-8H2,1-2H3,(H,19,23,24). The van der Waals surface area contributed by atoms with Gasteiger partial charge in [-0.3, -0.25) is 10.1 Å². The molecule has 0 radical (unpaired) electrons. The molecule has 0 saturated carbocycles. The van der Waals surface area contributed by atoms with E-state index < -0.39 is 30.2 Å². The number of β-amino-alcohol motifs (C(OH)–C–C–N with tert-alkyl or cyclic N) is 1. The van der Waals surface area contributed by atoms with E-state index in [1.54, 1.807) is 36.2 Å². The molecule has 3 unspecified atom stereocenters. The van der Waals surface area contributed by atoms with Crippen molar-refractivity contribution in [3.05, 3.63) is 29.3 Å². The minimum atomic E-state index is -0.850. The highest BCUT2D eigenvalue weighted by Crippen LogP contribution is 2.27. The first-order valence-corrected chi connectivity index (χ1v) is 9.53. The third-order valence-electron chi connectivity index (χ3n) is 4.17. The molecule has 3 rings (SSSR count). The van der Waals surface area contributed by atoms with E-state index in [0.717, 1.165) is 0 Å². The van der Waals surface area contributed by atoms with Crippen molar-refractivity contribution in [2.75, 3.05) is 26.5 Å². The highest BCUT2D eigenvalue weighted by molar-refractivity contribution is 8.13. The first-order chi connectivity index (χ1) is 12.4. The van der Waals surface area contributed by atoms with Crippen LogP contribution in [0.2, 0.25) is 5.02 Å². The van der Waals surface area contributed by atoms with Crippen LogP contribution < -0.4 is 10.1 Å². The Kier molecular flexibility index (Phi) is 5.59. The van der Waals surface area contributed by atoms with Gasteiger partial charge in [0.05, 0.1) is 6.54 Å². The van der Waals surface area contributed by atoms with Crippen LogP contribution in [0.15, 0.2) is 29.3 Å². The fourth-order valence-electron chi connectivity index (χ4n) is 2.87. The molecule has 8 nitrogen and oxygen atoms in total. The number of likely N-dealkylation sites (N-methyl/N-ethyl adjacent to an activating group) is 1. The number of ether oxygens (including phenoxy) is 1. The number of carbonyl (C=O) groups is 2. The van der Waals surface area contributed by atoms with Gasteiger partial charge in [0.2, 0.25) is 0 Å². The van der Waals surface area contributed by atoms with Gasteiger partial charge in [0.25, 0.3) is 5.91 Å². The molecule has 2 heterocycles. The molecule has 140 valence electrons. The Labute approximate surface area is 160 Å². The van der Waals surface area contributed by atoms with E-state index in [-0.39, 0.29) is 13.2 Å². The molecule has 0 aliphatic carbocycles. The maximum Gasteiger partial charge on any atom is 0.325 e. The van der Waals surface area contributed by atoms with Gasteiger partial charge in [-0.05, 0) is 30.5 Å². The predicted octanol–water partition coefficient (Wildman–Crippen LogP) is 0.991. The molecule has 2 aliphatic heterocycles. The van der Waals surface area contributed by atoms with E-state index in [2.05, 4.69) is 10.3 Å². The minimum Gasteiger partial charge on any atom is -0.491 e. The zero-order valence-corrected chi connectivity index (χ0v) is 15.8. The number of aliphatic hydroxyl groups is 1. The maximum absolute atomic E-state index is 12.3. The van der Waals surface area contributed by atoms with Crippen LogP contribution in [-0.2, 0) is 4.79 Å². The second-order valence-electron chi connectivity index (χ2n) is 5.95. The van der Waals surface area contributed by atoms with Crippen LogP contribution >= 0.6 is 23.4 Å². The number of thioether (sulfide) groups is 1. The van der Waals surface area contributed by atoms with Crippen LogP contribution in [0.1, 0.15) is 0 Å². The first-order valence-electron chi connectivity index (χ1n) is 7.93. The lowest BCUT2D eigenvalue weighted by Gasteiger charge is -2.36. The van der Waals surface area contributed by atoms with Gasteiger partial charge in [0.15, 0.2) is 17.4 Å². The highest BCUT2D eigenvalue weighted by Gasteiger charge is 2.48. The molecule has 1 aromatic carbocycles. The number of amides is 3. The molecule has 3 atom stereocenters. The van der Waals surface area contributed by atoms with Crippen molar-refractivity contribution in [3.63, 3.8) is 0 Å². The van der Waals surface area contributed by atoms with Crippen molar-refractivity contribution < 1.29 is 19.4 Å². The van der Waals surface area contributed by atoms with Crippen LogP contribution in [0.3, 0.4) is 0 Å². The molecule has 1 aromatic rings. The summed E-state index contributed by atoms with van der Waals surface area (Å²) < 4.78 is 5.56. The number of fused-ring (bicyclic) bond motifs is 1. The second kappa shape index (κ2) is 7.73. The SMILES string of the molecule is CSC1=NC2C(C(=O)NC(=O)N2C)N1CC(O)COc1ccc(Cl)cc1. The molecule has 2 N–H and O–H groups in total. The van der Waals surface area contributed by atoms with E-state index in [1.807, 2.05) is 6.26 Å². The quantitative estimate of drug-likeness (QED) is 0.768. The van der Waals surface area contributed by atoms with Crippen molar-refractivity contribution in [2.45, 2.75) is 18.3 Å². The van der Waals surface area contributed by atoms with Crippen LogP contribution in [-0.4, -0.2) is 76.8 Å². The topological polar surface area (TPSA) is 94.5 Å². The normalized spacial score (nSPS) is 23.5. The van der Waals surface area contributed by atoms with Crippen molar-refractivity contribution in [3.8, 4) is 5.75 Å². The molecular weight excluding hydrogens is 380 g/mol. The monoisotopic (exact) mass is 398 g/mol. The molecule has 0 spiro atoms. The number of nitrogens with zero attached hydrogens (tertiary/aromatic N) is 3. The second-order valence-corrected chi connectivity index (χ2v) is 7.16. The number of benzene rings is 1. The fourth-order valence-corrected chi connectivity index (χ4v) is 3.63. The van der Waals surface area contributed by atoms with Gasteiger partial charge >= 0.3 is 6.03 Å². The van der Waals surface area contributed by atoms with E-state index in [4.69, 9.17) is 16.3 Å². The van der Waals surface area contributed by atoms with Crippen molar-refractivity contribution in [1.29, 1.82) is 0 Å². The molecular formula is C16H19ClN4O4S. The highest BCUT2D eigenvalue weighted by atomic mass is 35.5. The van der Waals surface area contributed by atoms with Gasteiger partial charge < -0.3 is 19.6 Å². The van der Waals surface area contributed by atoms with Crippen LogP contribution in [0.5, 0.6) is 5.75 Å². The number of hydrogen-bond donors (Lipinski definition) is 2. The number of amidine groups is 1. The number of rotatable bonds is 5. The van der Waals surface area contributed by atoms with Crippen molar-refractivity contribution in [2.24, 2.45) is 4.99 Å². The van der Waals surface area contributed by atoms with Crippen molar-refractivity contribution in [1.82, 2.24) is 15.1 Å². The maximum atomic E-state index is 12.3. The summed E-state index contributed by atoms with van der Waals surface area (Å²) in [6, 6.07) is 5.69. The summed E-state index contributed by atoms with van der Waals surface area (Å²) in [5.74, 6) is 0.170. The number of urea groups is 1. The summed E-state index contributed by atoms with van der Waals surface area (Å²) in [7, 11) is 1.59. The summed E-state index contributed by atoms with van der Waals surface area (Å²) in [5.41, 5.74) is 0. The van der Waals surface area contributed by atoms with E-state index >= 15 is 0 Å². The smallest absolute Gasteiger partial charge is 0.325 e. The van der Waals surface area contributed by atoms with E-state index in [9.17, 15) is 14.7 Å². The number of carbonyl (C=O) groups excluding carboxylic acids is 2. The van der Waals surface area contributed by atoms with E-state index in [0.29, 0.717) is 15.9 Å².